The standard InChI is InChI=1S/C11H15N3O6/c1-6-8(7(2)20-13-6)3-12-11(19)14(4-9(15)16)5-10(17)18/h3-5H2,1-2H3,(H,12,19)(H,15,16)(H,17,18). The van der Waals surface area contributed by atoms with Crippen LogP contribution in [0.15, 0.2) is 4.52 Å². The van der Waals surface area contributed by atoms with Crippen LogP contribution < -0.4 is 5.32 Å². The molecule has 0 aliphatic rings. The van der Waals surface area contributed by atoms with Crippen molar-refractivity contribution in [2.75, 3.05) is 13.1 Å². The van der Waals surface area contributed by atoms with Crippen molar-refractivity contribution in [3.8, 4) is 0 Å². The third kappa shape index (κ3) is 4.26. The molecular weight excluding hydrogens is 270 g/mol. The maximum atomic E-state index is 11.8. The van der Waals surface area contributed by atoms with Crippen LogP contribution in [0, 0.1) is 13.8 Å². The number of carbonyl (C=O) groups excluding carboxylic acids is 1. The Labute approximate surface area is 114 Å². The number of aryl methyl sites for hydroxylation is 2. The number of rotatable bonds is 6. The predicted molar refractivity (Wildman–Crippen MR) is 65.1 cm³/mol. The Bertz CT molecular complexity index is 489. The van der Waals surface area contributed by atoms with E-state index >= 15 is 0 Å². The molecule has 0 saturated carbocycles. The first-order chi connectivity index (χ1) is 9.31. The highest BCUT2D eigenvalue weighted by Crippen LogP contribution is 2.11. The third-order valence-electron chi connectivity index (χ3n) is 2.54. The van der Waals surface area contributed by atoms with E-state index in [4.69, 9.17) is 14.7 Å². The van der Waals surface area contributed by atoms with Crippen LogP contribution in [0.4, 0.5) is 4.79 Å². The summed E-state index contributed by atoms with van der Waals surface area (Å²) in [6, 6.07) is -0.783. The summed E-state index contributed by atoms with van der Waals surface area (Å²) in [7, 11) is 0. The van der Waals surface area contributed by atoms with Crippen LogP contribution >= 0.6 is 0 Å². The largest absolute Gasteiger partial charge is 0.480 e. The number of aromatic nitrogens is 1. The summed E-state index contributed by atoms with van der Waals surface area (Å²) in [5.74, 6) is -2.05. The molecule has 20 heavy (non-hydrogen) atoms. The fraction of sp³-hybridized carbons (Fsp3) is 0.455. The number of carboxylic acid groups (broad SMARTS) is 2. The molecule has 0 radical (unpaired) electrons. The van der Waals surface area contributed by atoms with Gasteiger partial charge in [0.1, 0.15) is 18.8 Å². The predicted octanol–water partition coefficient (Wildman–Crippen LogP) is -0.0278. The number of amides is 2. The van der Waals surface area contributed by atoms with Gasteiger partial charge in [-0.05, 0) is 13.8 Å². The lowest BCUT2D eigenvalue weighted by atomic mass is 10.2. The first-order valence-corrected chi connectivity index (χ1v) is 5.69. The Morgan fingerprint density at radius 1 is 1.20 bits per heavy atom. The molecule has 0 aliphatic carbocycles. The molecule has 1 aromatic rings. The second-order valence-corrected chi connectivity index (χ2v) is 4.10. The molecule has 110 valence electrons. The van der Waals surface area contributed by atoms with Crippen LogP contribution in [-0.4, -0.2) is 51.3 Å². The van der Waals surface area contributed by atoms with Crippen molar-refractivity contribution in [1.29, 1.82) is 0 Å². The van der Waals surface area contributed by atoms with Crippen molar-refractivity contribution >= 4 is 18.0 Å². The molecule has 3 N–H and O–H groups in total. The molecule has 0 atom stereocenters. The average molecular weight is 285 g/mol. The highest BCUT2D eigenvalue weighted by atomic mass is 16.5. The Morgan fingerprint density at radius 2 is 1.75 bits per heavy atom. The highest BCUT2D eigenvalue weighted by Gasteiger charge is 2.20. The van der Waals surface area contributed by atoms with E-state index in [1.807, 2.05) is 0 Å². The van der Waals surface area contributed by atoms with E-state index in [0.717, 1.165) is 0 Å². The Hall–Kier alpha value is -2.58. The number of hydrogen-bond donors (Lipinski definition) is 3. The Kier molecular flexibility index (Phi) is 5.07. The fourth-order valence-corrected chi connectivity index (χ4v) is 1.56. The summed E-state index contributed by atoms with van der Waals surface area (Å²) in [4.78, 5) is 33.6. The quantitative estimate of drug-likeness (QED) is 0.668. The maximum absolute atomic E-state index is 11.8. The molecule has 0 aromatic carbocycles. The first kappa shape index (κ1) is 15.5. The summed E-state index contributed by atoms with van der Waals surface area (Å²) in [6.07, 6.45) is 0. The van der Waals surface area contributed by atoms with E-state index in [2.05, 4.69) is 10.5 Å². The zero-order valence-electron chi connectivity index (χ0n) is 11.0. The van der Waals surface area contributed by atoms with Crippen LogP contribution in [0.5, 0.6) is 0 Å². The molecular formula is C11H15N3O6. The lowest BCUT2D eigenvalue weighted by Gasteiger charge is -2.18. The SMILES string of the molecule is Cc1noc(C)c1CNC(=O)N(CC(=O)O)CC(=O)O. The van der Waals surface area contributed by atoms with Gasteiger partial charge in [-0.15, -0.1) is 0 Å². The molecule has 0 fully saturated rings. The van der Waals surface area contributed by atoms with Crippen LogP contribution in [-0.2, 0) is 16.1 Å². The number of carbonyl (C=O) groups is 3. The number of carboxylic acids is 2. The van der Waals surface area contributed by atoms with Gasteiger partial charge in [0.2, 0.25) is 0 Å². The van der Waals surface area contributed by atoms with Gasteiger partial charge in [0.05, 0.1) is 5.69 Å². The van der Waals surface area contributed by atoms with E-state index < -0.39 is 31.1 Å². The summed E-state index contributed by atoms with van der Waals surface area (Å²) in [6.45, 7) is 2.06. The van der Waals surface area contributed by atoms with Crippen LogP contribution in [0.25, 0.3) is 0 Å². The highest BCUT2D eigenvalue weighted by molar-refractivity contribution is 5.84. The molecule has 1 heterocycles. The number of aliphatic carboxylic acids is 2. The second kappa shape index (κ2) is 6.55. The fourth-order valence-electron chi connectivity index (χ4n) is 1.56. The van der Waals surface area contributed by atoms with Gasteiger partial charge < -0.3 is 25.0 Å². The second-order valence-electron chi connectivity index (χ2n) is 4.10. The summed E-state index contributed by atoms with van der Waals surface area (Å²) >= 11 is 0. The molecule has 1 rings (SSSR count). The van der Waals surface area contributed by atoms with Gasteiger partial charge in [-0.3, -0.25) is 9.59 Å². The molecule has 9 heteroatoms. The molecule has 1 aromatic heterocycles. The van der Waals surface area contributed by atoms with Crippen molar-refractivity contribution in [2.24, 2.45) is 0 Å². The number of nitrogens with one attached hydrogen (secondary N) is 1. The zero-order chi connectivity index (χ0) is 15.3. The van der Waals surface area contributed by atoms with E-state index in [1.165, 1.54) is 0 Å². The molecule has 2 amide bonds. The summed E-state index contributed by atoms with van der Waals surface area (Å²) in [5.41, 5.74) is 1.27. The van der Waals surface area contributed by atoms with E-state index in [9.17, 15) is 14.4 Å². The minimum atomic E-state index is -1.29. The molecule has 0 aliphatic heterocycles. The van der Waals surface area contributed by atoms with Crippen molar-refractivity contribution in [3.63, 3.8) is 0 Å². The van der Waals surface area contributed by atoms with Crippen molar-refractivity contribution in [1.82, 2.24) is 15.4 Å². The third-order valence-corrected chi connectivity index (χ3v) is 2.54. The lowest BCUT2D eigenvalue weighted by molar-refractivity contribution is -0.140. The van der Waals surface area contributed by atoms with Crippen molar-refractivity contribution in [3.05, 3.63) is 17.0 Å². The monoisotopic (exact) mass is 285 g/mol. The molecule has 0 unspecified atom stereocenters. The smallest absolute Gasteiger partial charge is 0.323 e. The molecule has 9 nitrogen and oxygen atoms in total. The Morgan fingerprint density at radius 3 is 2.15 bits per heavy atom. The molecule has 0 saturated heterocycles. The van der Waals surface area contributed by atoms with Crippen molar-refractivity contribution < 1.29 is 29.1 Å². The van der Waals surface area contributed by atoms with E-state index in [0.29, 0.717) is 21.9 Å². The average Bonchev–Trinajstić information content (AvgIpc) is 2.64. The van der Waals surface area contributed by atoms with Crippen LogP contribution in [0.3, 0.4) is 0 Å². The van der Waals surface area contributed by atoms with Gasteiger partial charge in [0.15, 0.2) is 0 Å². The lowest BCUT2D eigenvalue weighted by Crippen LogP contribution is -2.45. The van der Waals surface area contributed by atoms with Gasteiger partial charge in [-0.25, -0.2) is 4.79 Å². The van der Waals surface area contributed by atoms with Gasteiger partial charge in [0.25, 0.3) is 0 Å². The minimum Gasteiger partial charge on any atom is -0.480 e. The minimum absolute atomic E-state index is 0.0791. The van der Waals surface area contributed by atoms with Crippen LogP contribution in [0.2, 0.25) is 0 Å². The van der Waals surface area contributed by atoms with E-state index in [-0.39, 0.29) is 6.54 Å². The number of nitrogens with zero attached hydrogens (tertiary/aromatic N) is 2. The van der Waals surface area contributed by atoms with Gasteiger partial charge in [-0.1, -0.05) is 5.16 Å². The zero-order valence-corrected chi connectivity index (χ0v) is 11.0. The van der Waals surface area contributed by atoms with Gasteiger partial charge in [-0.2, -0.15) is 0 Å². The van der Waals surface area contributed by atoms with E-state index in [1.54, 1.807) is 13.8 Å². The first-order valence-electron chi connectivity index (χ1n) is 5.69. The van der Waals surface area contributed by atoms with Gasteiger partial charge >= 0.3 is 18.0 Å². The van der Waals surface area contributed by atoms with Crippen molar-refractivity contribution in [2.45, 2.75) is 20.4 Å². The Balaban J connectivity index is 2.66. The van der Waals surface area contributed by atoms with Gasteiger partial charge in [0, 0.05) is 12.1 Å². The van der Waals surface area contributed by atoms with Crippen LogP contribution in [0.1, 0.15) is 17.0 Å². The molecule has 0 spiro atoms. The maximum Gasteiger partial charge on any atom is 0.323 e. The topological polar surface area (TPSA) is 133 Å². The summed E-state index contributed by atoms with van der Waals surface area (Å²) in [5, 5.41) is 23.4. The summed E-state index contributed by atoms with van der Waals surface area (Å²) < 4.78 is 4.91. The number of hydrogen-bond acceptors (Lipinski definition) is 5. The molecule has 0 bridgehead atoms. The normalized spacial score (nSPS) is 10.1. The number of urea groups is 1.